The lowest BCUT2D eigenvalue weighted by atomic mass is 9.68. The summed E-state index contributed by atoms with van der Waals surface area (Å²) in [6, 6.07) is 6.37. The lowest BCUT2D eigenvalue weighted by Gasteiger charge is -2.37. The van der Waals surface area contributed by atoms with E-state index in [1.54, 1.807) is 18.2 Å². The van der Waals surface area contributed by atoms with E-state index in [-0.39, 0.29) is 17.1 Å². The second kappa shape index (κ2) is 4.17. The summed E-state index contributed by atoms with van der Waals surface area (Å²) < 4.78 is 18.8. The molecule has 0 radical (unpaired) electrons. The van der Waals surface area contributed by atoms with Crippen molar-refractivity contribution < 1.29 is 8.91 Å². The molecule has 1 aromatic carbocycles. The Bertz CT molecular complexity index is 557. The molecule has 4 nitrogen and oxygen atoms in total. The van der Waals surface area contributed by atoms with E-state index < -0.39 is 0 Å². The van der Waals surface area contributed by atoms with Crippen LogP contribution in [0.4, 0.5) is 4.39 Å². The first-order chi connectivity index (χ1) is 8.75. The highest BCUT2D eigenvalue weighted by Crippen LogP contribution is 2.41. The minimum absolute atomic E-state index is 0.160. The number of rotatable bonds is 3. The van der Waals surface area contributed by atoms with Gasteiger partial charge >= 0.3 is 0 Å². The van der Waals surface area contributed by atoms with E-state index in [0.717, 1.165) is 19.3 Å². The summed E-state index contributed by atoms with van der Waals surface area (Å²) in [6.07, 6.45) is 3.07. The van der Waals surface area contributed by atoms with Gasteiger partial charge in [-0.1, -0.05) is 23.7 Å². The molecule has 0 saturated heterocycles. The first-order valence-electron chi connectivity index (χ1n) is 6.04. The summed E-state index contributed by atoms with van der Waals surface area (Å²) in [5.41, 5.74) is 5.96. The largest absolute Gasteiger partial charge is 0.334 e. The number of aromatic nitrogens is 2. The van der Waals surface area contributed by atoms with E-state index in [9.17, 15) is 4.39 Å². The molecule has 2 aromatic rings. The van der Waals surface area contributed by atoms with Gasteiger partial charge in [0.05, 0.1) is 5.56 Å². The van der Waals surface area contributed by atoms with Crippen LogP contribution >= 0.6 is 0 Å². The van der Waals surface area contributed by atoms with Crippen LogP contribution in [0.15, 0.2) is 28.8 Å². The van der Waals surface area contributed by atoms with Gasteiger partial charge < -0.3 is 10.3 Å². The predicted molar refractivity (Wildman–Crippen MR) is 64.3 cm³/mol. The molecular weight excluding hydrogens is 233 g/mol. The summed E-state index contributed by atoms with van der Waals surface area (Å²) in [5, 5.41) is 3.97. The minimum atomic E-state index is -0.358. The highest BCUT2D eigenvalue weighted by Gasteiger charge is 2.41. The third kappa shape index (κ3) is 1.62. The van der Waals surface area contributed by atoms with Crippen LogP contribution in [0.2, 0.25) is 0 Å². The first kappa shape index (κ1) is 11.3. The Morgan fingerprint density at radius 1 is 1.33 bits per heavy atom. The molecule has 0 spiro atoms. The van der Waals surface area contributed by atoms with Gasteiger partial charge in [0.2, 0.25) is 0 Å². The Morgan fingerprint density at radius 2 is 2.11 bits per heavy atom. The highest BCUT2D eigenvalue weighted by atomic mass is 19.1. The first-order valence-corrected chi connectivity index (χ1v) is 6.04. The number of halogens is 1. The van der Waals surface area contributed by atoms with Crippen molar-refractivity contribution in [2.24, 2.45) is 5.73 Å². The number of nitrogens with two attached hydrogens (primary N) is 1. The summed E-state index contributed by atoms with van der Waals surface area (Å²) in [7, 11) is 0. The third-order valence-electron chi connectivity index (χ3n) is 3.71. The normalized spacial score (nSPS) is 17.4. The second-order valence-electron chi connectivity index (χ2n) is 4.74. The van der Waals surface area contributed by atoms with Crippen LogP contribution in [-0.4, -0.2) is 16.7 Å². The monoisotopic (exact) mass is 247 g/mol. The Balaban J connectivity index is 1.97. The van der Waals surface area contributed by atoms with Crippen LogP contribution in [0.1, 0.15) is 25.1 Å². The quantitative estimate of drug-likeness (QED) is 0.903. The zero-order valence-electron chi connectivity index (χ0n) is 9.90. The average Bonchev–Trinajstić information content (AvgIpc) is 2.79. The third-order valence-corrected chi connectivity index (χ3v) is 3.71. The Labute approximate surface area is 104 Å². The maximum absolute atomic E-state index is 13.6. The topological polar surface area (TPSA) is 64.9 Å². The summed E-state index contributed by atoms with van der Waals surface area (Å²) in [4.78, 5) is 4.31. The van der Waals surface area contributed by atoms with Gasteiger partial charge in [0, 0.05) is 12.0 Å². The highest BCUT2D eigenvalue weighted by molar-refractivity contribution is 5.53. The predicted octanol–water partition coefficient (Wildman–Crippen LogP) is 2.26. The molecule has 0 aliphatic heterocycles. The number of nitrogens with zero attached hydrogens (tertiary/aromatic N) is 2. The zero-order valence-corrected chi connectivity index (χ0v) is 9.90. The molecule has 0 bridgehead atoms. The molecule has 1 heterocycles. The molecule has 1 saturated carbocycles. The van der Waals surface area contributed by atoms with Gasteiger partial charge in [0.25, 0.3) is 5.89 Å². The van der Waals surface area contributed by atoms with Crippen LogP contribution in [0.3, 0.4) is 0 Å². The van der Waals surface area contributed by atoms with Crippen LogP contribution < -0.4 is 5.73 Å². The van der Waals surface area contributed by atoms with Gasteiger partial charge in [-0.3, -0.25) is 0 Å². The van der Waals surface area contributed by atoms with Crippen molar-refractivity contribution in [3.63, 3.8) is 0 Å². The van der Waals surface area contributed by atoms with E-state index in [2.05, 4.69) is 10.1 Å². The standard InChI is InChI=1S/C13H14FN3O/c14-10-5-2-1-4-9(10)11-16-12(17-18-11)13(8-15)6-3-7-13/h1-2,4-5H,3,6-8,15H2. The number of benzene rings is 1. The van der Waals surface area contributed by atoms with Crippen molar-refractivity contribution >= 4 is 0 Å². The molecule has 2 N–H and O–H groups in total. The second-order valence-corrected chi connectivity index (χ2v) is 4.74. The Hall–Kier alpha value is -1.75. The molecule has 3 rings (SSSR count). The lowest BCUT2D eigenvalue weighted by molar-refractivity contribution is 0.229. The van der Waals surface area contributed by atoms with Gasteiger partial charge in [0.1, 0.15) is 5.82 Å². The minimum Gasteiger partial charge on any atom is -0.334 e. The van der Waals surface area contributed by atoms with Crippen molar-refractivity contribution in [2.45, 2.75) is 24.7 Å². The van der Waals surface area contributed by atoms with Crippen molar-refractivity contribution in [1.82, 2.24) is 10.1 Å². The molecule has 18 heavy (non-hydrogen) atoms. The molecule has 5 heteroatoms. The molecule has 1 aliphatic rings. The number of hydrogen-bond acceptors (Lipinski definition) is 4. The van der Waals surface area contributed by atoms with E-state index in [0.29, 0.717) is 17.9 Å². The van der Waals surface area contributed by atoms with Crippen molar-refractivity contribution in [3.8, 4) is 11.5 Å². The van der Waals surface area contributed by atoms with E-state index in [1.807, 2.05) is 0 Å². The fourth-order valence-electron chi connectivity index (χ4n) is 2.31. The van der Waals surface area contributed by atoms with Gasteiger partial charge in [-0.2, -0.15) is 4.98 Å². The molecule has 0 atom stereocenters. The summed E-state index contributed by atoms with van der Waals surface area (Å²) in [5.74, 6) is 0.473. The van der Waals surface area contributed by atoms with E-state index >= 15 is 0 Å². The van der Waals surface area contributed by atoms with Crippen LogP contribution in [0.5, 0.6) is 0 Å². The smallest absolute Gasteiger partial charge is 0.260 e. The molecule has 0 amide bonds. The maximum atomic E-state index is 13.6. The Morgan fingerprint density at radius 3 is 2.72 bits per heavy atom. The van der Waals surface area contributed by atoms with Crippen molar-refractivity contribution in [3.05, 3.63) is 35.9 Å². The van der Waals surface area contributed by atoms with Gasteiger partial charge in [-0.15, -0.1) is 0 Å². The molecular formula is C13H14FN3O. The van der Waals surface area contributed by atoms with E-state index in [1.165, 1.54) is 6.07 Å². The fourth-order valence-corrected chi connectivity index (χ4v) is 2.31. The van der Waals surface area contributed by atoms with Gasteiger partial charge in [-0.05, 0) is 25.0 Å². The average molecular weight is 247 g/mol. The van der Waals surface area contributed by atoms with Crippen molar-refractivity contribution in [2.75, 3.05) is 6.54 Å². The molecule has 94 valence electrons. The lowest BCUT2D eigenvalue weighted by Crippen LogP contribution is -2.42. The number of hydrogen-bond donors (Lipinski definition) is 1. The van der Waals surface area contributed by atoms with Crippen molar-refractivity contribution in [1.29, 1.82) is 0 Å². The fraction of sp³-hybridized carbons (Fsp3) is 0.385. The zero-order chi connectivity index (χ0) is 12.6. The van der Waals surface area contributed by atoms with Gasteiger partial charge in [0.15, 0.2) is 5.82 Å². The van der Waals surface area contributed by atoms with E-state index in [4.69, 9.17) is 10.3 Å². The summed E-state index contributed by atoms with van der Waals surface area (Å²) >= 11 is 0. The molecule has 1 aliphatic carbocycles. The van der Waals surface area contributed by atoms with Crippen LogP contribution in [-0.2, 0) is 5.41 Å². The molecule has 1 aromatic heterocycles. The molecule has 1 fully saturated rings. The Kier molecular flexibility index (Phi) is 2.63. The van der Waals surface area contributed by atoms with Crippen LogP contribution in [0, 0.1) is 5.82 Å². The molecule has 0 unspecified atom stereocenters. The SMILES string of the molecule is NCC1(c2noc(-c3ccccc3F)n2)CCC1. The summed E-state index contributed by atoms with van der Waals surface area (Å²) in [6.45, 7) is 0.503. The maximum Gasteiger partial charge on any atom is 0.260 e. The van der Waals surface area contributed by atoms with Crippen LogP contribution in [0.25, 0.3) is 11.5 Å². The van der Waals surface area contributed by atoms with Gasteiger partial charge in [-0.25, -0.2) is 4.39 Å².